The van der Waals surface area contributed by atoms with E-state index in [1.807, 2.05) is 32.0 Å². The number of aryl methyl sites for hydroxylation is 2. The molecule has 0 saturated carbocycles. The first-order valence-electron chi connectivity index (χ1n) is 6.53. The largest absolute Gasteiger partial charge is 0.433 e. The molecule has 0 spiro atoms. The van der Waals surface area contributed by atoms with E-state index < -0.39 is 23.4 Å². The molecule has 0 radical (unpaired) electrons. The highest BCUT2D eigenvalue weighted by Crippen LogP contribution is 2.27. The van der Waals surface area contributed by atoms with Gasteiger partial charge >= 0.3 is 6.18 Å². The fourth-order valence-corrected chi connectivity index (χ4v) is 1.92. The molecule has 9 heteroatoms. The first-order valence-corrected chi connectivity index (χ1v) is 6.53. The van der Waals surface area contributed by atoms with Crippen molar-refractivity contribution < 1.29 is 13.2 Å². The van der Waals surface area contributed by atoms with Crippen LogP contribution in [-0.4, -0.2) is 15.9 Å². The Bertz CT molecular complexity index is 791. The Balaban J connectivity index is 2.35. The second-order valence-electron chi connectivity index (χ2n) is 4.84. The van der Waals surface area contributed by atoms with Gasteiger partial charge in [-0.2, -0.15) is 18.2 Å². The standard InChI is InChI=1S/C14H14F3N5O/c1-7-4-3-5-8(2)11(7)21-12(18)22-13-19-9(14(15,16)17)6-10(23)20-13/h3-6H,1-2H3,(H4,18,19,20,21,22,23). The number of nitrogens with one attached hydrogen (secondary N) is 2. The summed E-state index contributed by atoms with van der Waals surface area (Å²) < 4.78 is 37.9. The lowest BCUT2D eigenvalue weighted by Gasteiger charge is -2.11. The van der Waals surface area contributed by atoms with E-state index in [1.54, 1.807) is 0 Å². The van der Waals surface area contributed by atoms with Crippen molar-refractivity contribution in [1.29, 1.82) is 0 Å². The number of benzene rings is 1. The topological polar surface area (TPSA) is 96.2 Å². The first-order chi connectivity index (χ1) is 10.7. The average molecular weight is 325 g/mol. The van der Waals surface area contributed by atoms with Gasteiger partial charge in [-0.25, -0.2) is 4.98 Å². The lowest BCUT2D eigenvalue weighted by Crippen LogP contribution is -2.24. The van der Waals surface area contributed by atoms with Crippen LogP contribution < -0.4 is 16.6 Å². The van der Waals surface area contributed by atoms with Crippen LogP contribution in [0.15, 0.2) is 34.1 Å². The van der Waals surface area contributed by atoms with Crippen LogP contribution >= 0.6 is 0 Å². The van der Waals surface area contributed by atoms with Gasteiger partial charge in [0, 0.05) is 11.8 Å². The fraction of sp³-hybridized carbons (Fsp3) is 0.214. The summed E-state index contributed by atoms with van der Waals surface area (Å²) in [5.41, 5.74) is 5.83. The van der Waals surface area contributed by atoms with Crippen molar-refractivity contribution in [1.82, 2.24) is 9.97 Å². The van der Waals surface area contributed by atoms with Crippen LogP contribution in [-0.2, 0) is 6.18 Å². The summed E-state index contributed by atoms with van der Waals surface area (Å²) >= 11 is 0. The highest BCUT2D eigenvalue weighted by molar-refractivity contribution is 5.94. The van der Waals surface area contributed by atoms with Gasteiger partial charge in [0.2, 0.25) is 11.9 Å². The van der Waals surface area contributed by atoms with Gasteiger partial charge in [0.1, 0.15) is 0 Å². The molecule has 2 aromatic rings. The minimum absolute atomic E-state index is 0.190. The number of rotatable bonds is 2. The van der Waals surface area contributed by atoms with Crippen LogP contribution in [0.1, 0.15) is 16.8 Å². The van der Waals surface area contributed by atoms with Gasteiger partial charge in [-0.3, -0.25) is 9.78 Å². The summed E-state index contributed by atoms with van der Waals surface area (Å²) in [5.74, 6) is -0.717. The maximum absolute atomic E-state index is 12.6. The summed E-state index contributed by atoms with van der Waals surface area (Å²) in [7, 11) is 0. The third kappa shape index (κ3) is 4.09. The highest BCUT2D eigenvalue weighted by Gasteiger charge is 2.33. The number of para-hydroxylation sites is 1. The van der Waals surface area contributed by atoms with Crippen molar-refractivity contribution >= 4 is 17.6 Å². The van der Waals surface area contributed by atoms with E-state index >= 15 is 0 Å². The van der Waals surface area contributed by atoms with E-state index in [4.69, 9.17) is 5.73 Å². The molecule has 0 unspecified atom stereocenters. The van der Waals surface area contributed by atoms with Crippen molar-refractivity contribution in [3.8, 4) is 0 Å². The summed E-state index contributed by atoms with van der Waals surface area (Å²) in [6, 6.07) is 5.89. The van der Waals surface area contributed by atoms with Gasteiger partial charge in [0.05, 0.1) is 0 Å². The van der Waals surface area contributed by atoms with E-state index in [-0.39, 0.29) is 5.96 Å². The first kappa shape index (κ1) is 16.5. The predicted octanol–water partition coefficient (Wildman–Crippen LogP) is 2.46. The lowest BCUT2D eigenvalue weighted by atomic mass is 10.1. The van der Waals surface area contributed by atoms with Gasteiger partial charge in [-0.1, -0.05) is 18.2 Å². The molecule has 0 aliphatic rings. The fourth-order valence-electron chi connectivity index (χ4n) is 1.92. The van der Waals surface area contributed by atoms with Crippen LogP contribution in [0.2, 0.25) is 0 Å². The summed E-state index contributed by atoms with van der Waals surface area (Å²) in [6.45, 7) is 3.68. The van der Waals surface area contributed by atoms with Crippen LogP contribution in [0, 0.1) is 13.8 Å². The Morgan fingerprint density at radius 3 is 2.48 bits per heavy atom. The molecule has 0 aliphatic carbocycles. The maximum atomic E-state index is 12.6. The number of hydrogen-bond donors (Lipinski definition) is 3. The van der Waals surface area contributed by atoms with Crippen LogP contribution in [0.4, 0.5) is 24.8 Å². The van der Waals surface area contributed by atoms with E-state index in [9.17, 15) is 18.0 Å². The number of alkyl halides is 3. The molecule has 2 rings (SSSR count). The number of aromatic nitrogens is 2. The van der Waals surface area contributed by atoms with Gasteiger partial charge in [0.25, 0.3) is 5.56 Å². The summed E-state index contributed by atoms with van der Waals surface area (Å²) in [4.78, 5) is 20.3. The Morgan fingerprint density at radius 1 is 1.30 bits per heavy atom. The Hall–Kier alpha value is -2.84. The van der Waals surface area contributed by atoms with Gasteiger partial charge < -0.3 is 11.1 Å². The summed E-state index contributed by atoms with van der Waals surface area (Å²) in [6.07, 6.45) is -4.74. The second-order valence-corrected chi connectivity index (χ2v) is 4.84. The minimum Gasteiger partial charge on any atom is -0.369 e. The molecule has 1 heterocycles. The van der Waals surface area contributed by atoms with E-state index in [0.29, 0.717) is 11.8 Å². The number of halogens is 3. The van der Waals surface area contributed by atoms with Crippen molar-refractivity contribution in [3.63, 3.8) is 0 Å². The average Bonchev–Trinajstić information content (AvgIpc) is 2.41. The van der Waals surface area contributed by atoms with E-state index in [2.05, 4.69) is 20.3 Å². The molecule has 0 fully saturated rings. The number of H-pyrrole nitrogens is 1. The molecular formula is C14H14F3N5O. The molecule has 23 heavy (non-hydrogen) atoms. The number of nitrogens with zero attached hydrogens (tertiary/aromatic N) is 2. The number of aromatic amines is 1. The quantitative estimate of drug-likeness (QED) is 0.584. The van der Waals surface area contributed by atoms with Crippen LogP contribution in [0.3, 0.4) is 0 Å². The molecule has 0 saturated heterocycles. The molecule has 4 N–H and O–H groups in total. The van der Waals surface area contributed by atoms with Crippen LogP contribution in [0.5, 0.6) is 0 Å². The van der Waals surface area contributed by atoms with Crippen molar-refractivity contribution in [3.05, 3.63) is 51.4 Å². The molecule has 1 aromatic heterocycles. The molecule has 6 nitrogen and oxygen atoms in total. The van der Waals surface area contributed by atoms with E-state index in [1.165, 1.54) is 0 Å². The number of guanidine groups is 1. The van der Waals surface area contributed by atoms with E-state index in [0.717, 1.165) is 11.1 Å². The molecule has 122 valence electrons. The predicted molar refractivity (Wildman–Crippen MR) is 80.7 cm³/mol. The zero-order valence-electron chi connectivity index (χ0n) is 12.3. The molecular weight excluding hydrogens is 311 g/mol. The van der Waals surface area contributed by atoms with Gasteiger partial charge in [-0.15, -0.1) is 0 Å². The third-order valence-electron chi connectivity index (χ3n) is 2.98. The second kappa shape index (κ2) is 6.11. The number of anilines is 1. The Kier molecular flexibility index (Phi) is 4.39. The van der Waals surface area contributed by atoms with Crippen molar-refractivity contribution in [2.45, 2.75) is 20.0 Å². The lowest BCUT2D eigenvalue weighted by molar-refractivity contribution is -0.141. The molecule has 0 amide bonds. The van der Waals surface area contributed by atoms with Crippen molar-refractivity contribution in [2.24, 2.45) is 10.7 Å². The number of hydrogen-bond acceptors (Lipinski definition) is 3. The third-order valence-corrected chi connectivity index (χ3v) is 2.98. The Morgan fingerprint density at radius 2 is 1.91 bits per heavy atom. The Labute approximate surface area is 129 Å². The smallest absolute Gasteiger partial charge is 0.369 e. The molecule has 0 aliphatic heterocycles. The molecule has 0 atom stereocenters. The SMILES string of the molecule is Cc1cccc(C)c1N/C(N)=N/c1nc(C(F)(F)F)cc(=O)[nH]1. The minimum atomic E-state index is -4.74. The van der Waals surface area contributed by atoms with Crippen molar-refractivity contribution in [2.75, 3.05) is 5.32 Å². The van der Waals surface area contributed by atoms with Crippen LogP contribution in [0.25, 0.3) is 0 Å². The van der Waals surface area contributed by atoms with Gasteiger partial charge in [0.15, 0.2) is 5.69 Å². The highest BCUT2D eigenvalue weighted by atomic mass is 19.4. The normalized spacial score (nSPS) is 12.3. The maximum Gasteiger partial charge on any atom is 0.433 e. The number of aliphatic imine (C=N–C) groups is 1. The molecule has 0 bridgehead atoms. The number of nitrogens with two attached hydrogens (primary N) is 1. The zero-order chi connectivity index (χ0) is 17.2. The summed E-state index contributed by atoms with van der Waals surface area (Å²) in [5, 5.41) is 2.79. The zero-order valence-corrected chi connectivity index (χ0v) is 12.3. The monoisotopic (exact) mass is 325 g/mol. The van der Waals surface area contributed by atoms with Gasteiger partial charge in [-0.05, 0) is 25.0 Å². The molecule has 1 aromatic carbocycles.